The molecule has 0 amide bonds. The molecular weight excluding hydrogens is 185 g/mol. The second-order valence-electron chi connectivity index (χ2n) is 5.09. The van der Waals surface area contributed by atoms with Gasteiger partial charge in [0.2, 0.25) is 0 Å². The molecule has 0 unspecified atom stereocenters. The predicted molar refractivity (Wildman–Crippen MR) is 65.5 cm³/mol. The van der Waals surface area contributed by atoms with Crippen LogP contribution in [-0.4, -0.2) is 14.0 Å². The Hall–Kier alpha value is -0.955. The third-order valence-electron chi connectivity index (χ3n) is 2.77. The number of nitrogens with zero attached hydrogens (tertiary/aromatic N) is 1. The molecular formula is C12H18BNO. The van der Waals surface area contributed by atoms with Crippen molar-refractivity contribution in [2.75, 3.05) is 11.6 Å². The van der Waals surface area contributed by atoms with E-state index in [1.807, 2.05) is 4.97 Å². The van der Waals surface area contributed by atoms with Gasteiger partial charge in [-0.05, 0) is 29.4 Å². The molecule has 1 aliphatic rings. The Bertz CT molecular complexity index is 322. The van der Waals surface area contributed by atoms with E-state index < -0.39 is 0 Å². The van der Waals surface area contributed by atoms with Gasteiger partial charge in [0, 0.05) is 5.69 Å². The minimum absolute atomic E-state index is 0.227. The molecule has 80 valence electrons. The lowest BCUT2D eigenvalue weighted by Gasteiger charge is -2.21. The molecule has 3 heteroatoms. The second-order valence-corrected chi connectivity index (χ2v) is 5.09. The molecule has 0 spiro atoms. The fourth-order valence-corrected chi connectivity index (χ4v) is 1.78. The van der Waals surface area contributed by atoms with Gasteiger partial charge in [0.15, 0.2) is 0 Å². The van der Waals surface area contributed by atoms with E-state index in [-0.39, 0.29) is 5.41 Å². The summed E-state index contributed by atoms with van der Waals surface area (Å²) < 4.78 is 0. The van der Waals surface area contributed by atoms with Crippen molar-refractivity contribution in [3.63, 3.8) is 0 Å². The van der Waals surface area contributed by atoms with Gasteiger partial charge in [0.05, 0.1) is 6.61 Å². The SMILES string of the molecule is CC(C)(C)c1ccc(N2BCCO2)cc1. The summed E-state index contributed by atoms with van der Waals surface area (Å²) in [5.41, 5.74) is 2.76. The first-order valence-electron chi connectivity index (χ1n) is 5.58. The summed E-state index contributed by atoms with van der Waals surface area (Å²) in [5, 5.41) is 0. The van der Waals surface area contributed by atoms with Crippen LogP contribution in [0.1, 0.15) is 26.3 Å². The normalized spacial score (nSPS) is 16.6. The Labute approximate surface area is 92.5 Å². The third-order valence-corrected chi connectivity index (χ3v) is 2.77. The van der Waals surface area contributed by atoms with Crippen LogP contribution in [0.15, 0.2) is 24.3 Å². The van der Waals surface area contributed by atoms with Gasteiger partial charge in [-0.2, -0.15) is 0 Å². The molecule has 0 radical (unpaired) electrons. The van der Waals surface area contributed by atoms with E-state index in [2.05, 4.69) is 45.0 Å². The summed E-state index contributed by atoms with van der Waals surface area (Å²) in [6, 6.07) is 8.67. The standard InChI is InChI=1S/C12H18BNO/c1-12(2,3)10-4-6-11(7-5-10)14-13-8-9-15-14/h4-7,13H,8-9H2,1-3H3. The maximum absolute atomic E-state index is 5.50. The quantitative estimate of drug-likeness (QED) is 0.650. The van der Waals surface area contributed by atoms with Crippen molar-refractivity contribution in [3.8, 4) is 0 Å². The van der Waals surface area contributed by atoms with Crippen molar-refractivity contribution in [2.24, 2.45) is 0 Å². The number of hydrogen-bond acceptors (Lipinski definition) is 2. The summed E-state index contributed by atoms with van der Waals surface area (Å²) in [4.78, 5) is 7.48. The number of hydrogen-bond donors (Lipinski definition) is 0. The lowest BCUT2D eigenvalue weighted by Crippen LogP contribution is -2.19. The van der Waals surface area contributed by atoms with Crippen LogP contribution in [-0.2, 0) is 10.3 Å². The topological polar surface area (TPSA) is 12.5 Å². The number of rotatable bonds is 1. The molecule has 0 saturated carbocycles. The van der Waals surface area contributed by atoms with Crippen LogP contribution in [0.2, 0.25) is 6.32 Å². The Balaban J connectivity index is 2.16. The van der Waals surface area contributed by atoms with Gasteiger partial charge in [-0.3, -0.25) is 4.84 Å². The molecule has 15 heavy (non-hydrogen) atoms. The van der Waals surface area contributed by atoms with E-state index in [1.54, 1.807) is 0 Å². The summed E-state index contributed by atoms with van der Waals surface area (Å²) >= 11 is 0. The zero-order valence-corrected chi connectivity index (χ0v) is 9.79. The van der Waals surface area contributed by atoms with Gasteiger partial charge in [-0.15, -0.1) is 0 Å². The first-order valence-corrected chi connectivity index (χ1v) is 5.58. The Kier molecular flexibility index (Phi) is 2.74. The summed E-state index contributed by atoms with van der Waals surface area (Å²) in [6.07, 6.45) is 1.13. The van der Waals surface area contributed by atoms with Gasteiger partial charge in [0.1, 0.15) is 0 Å². The van der Waals surface area contributed by atoms with Gasteiger partial charge in [-0.25, -0.2) is 0 Å². The fraction of sp³-hybridized carbons (Fsp3) is 0.500. The van der Waals surface area contributed by atoms with E-state index in [4.69, 9.17) is 4.84 Å². The summed E-state index contributed by atoms with van der Waals surface area (Å²) in [5.74, 6) is 0. The Morgan fingerprint density at radius 3 is 2.33 bits per heavy atom. The third kappa shape index (κ3) is 2.35. The van der Waals surface area contributed by atoms with Crippen LogP contribution in [0.4, 0.5) is 5.69 Å². The van der Waals surface area contributed by atoms with Crippen molar-refractivity contribution in [1.82, 2.24) is 0 Å². The highest BCUT2D eigenvalue weighted by Crippen LogP contribution is 2.25. The molecule has 0 aromatic heterocycles. The van der Waals surface area contributed by atoms with Gasteiger partial charge < -0.3 is 4.97 Å². The molecule has 1 heterocycles. The van der Waals surface area contributed by atoms with Crippen LogP contribution in [0.3, 0.4) is 0 Å². The summed E-state index contributed by atoms with van der Waals surface area (Å²) in [6.45, 7) is 7.54. The maximum atomic E-state index is 5.50. The number of anilines is 1. The molecule has 1 aliphatic heterocycles. The smallest absolute Gasteiger partial charge is 0.275 e. The highest BCUT2D eigenvalue weighted by molar-refractivity contribution is 6.41. The van der Waals surface area contributed by atoms with Gasteiger partial charge in [0.25, 0.3) is 7.41 Å². The van der Waals surface area contributed by atoms with Crippen molar-refractivity contribution in [2.45, 2.75) is 32.5 Å². The molecule has 1 fully saturated rings. The molecule has 2 nitrogen and oxygen atoms in total. The van der Waals surface area contributed by atoms with Crippen LogP contribution < -0.4 is 4.97 Å². The molecule has 0 N–H and O–H groups in total. The Morgan fingerprint density at radius 1 is 1.20 bits per heavy atom. The van der Waals surface area contributed by atoms with E-state index in [0.717, 1.165) is 20.3 Å². The van der Waals surface area contributed by atoms with E-state index in [9.17, 15) is 0 Å². The molecule has 0 aliphatic carbocycles. The lowest BCUT2D eigenvalue weighted by atomic mass is 9.86. The van der Waals surface area contributed by atoms with Gasteiger partial charge >= 0.3 is 0 Å². The molecule has 1 saturated heterocycles. The highest BCUT2D eigenvalue weighted by Gasteiger charge is 2.17. The van der Waals surface area contributed by atoms with Crippen molar-refractivity contribution in [3.05, 3.63) is 29.8 Å². The van der Waals surface area contributed by atoms with Gasteiger partial charge in [-0.1, -0.05) is 32.9 Å². The second kappa shape index (κ2) is 3.89. The first-order chi connectivity index (χ1) is 7.07. The Morgan fingerprint density at radius 2 is 1.87 bits per heavy atom. The minimum Gasteiger partial charge on any atom is -0.305 e. The van der Waals surface area contributed by atoms with E-state index in [1.165, 1.54) is 11.3 Å². The van der Waals surface area contributed by atoms with Crippen LogP contribution in [0.5, 0.6) is 0 Å². The van der Waals surface area contributed by atoms with Crippen molar-refractivity contribution < 1.29 is 4.84 Å². The van der Waals surface area contributed by atoms with Crippen molar-refractivity contribution >= 4 is 13.1 Å². The first kappa shape index (κ1) is 10.6. The van der Waals surface area contributed by atoms with Crippen molar-refractivity contribution in [1.29, 1.82) is 0 Å². The predicted octanol–water partition coefficient (Wildman–Crippen LogP) is 2.51. The average Bonchev–Trinajstić information content (AvgIpc) is 2.69. The maximum Gasteiger partial charge on any atom is 0.275 e. The van der Waals surface area contributed by atoms with Crippen LogP contribution in [0.25, 0.3) is 0 Å². The molecule has 0 atom stereocenters. The molecule has 2 rings (SSSR count). The molecule has 1 aromatic rings. The average molecular weight is 203 g/mol. The fourth-order valence-electron chi connectivity index (χ4n) is 1.78. The summed E-state index contributed by atoms with van der Waals surface area (Å²) in [7, 11) is 1.01. The highest BCUT2D eigenvalue weighted by atomic mass is 16.7. The molecule has 1 aromatic carbocycles. The largest absolute Gasteiger partial charge is 0.305 e. The zero-order valence-electron chi connectivity index (χ0n) is 9.79. The molecule has 0 bridgehead atoms. The van der Waals surface area contributed by atoms with Crippen LogP contribution >= 0.6 is 0 Å². The number of benzene rings is 1. The monoisotopic (exact) mass is 203 g/mol. The minimum atomic E-state index is 0.227. The lowest BCUT2D eigenvalue weighted by molar-refractivity contribution is 0.185. The van der Waals surface area contributed by atoms with E-state index >= 15 is 0 Å². The van der Waals surface area contributed by atoms with Crippen LogP contribution in [0, 0.1) is 0 Å². The zero-order chi connectivity index (χ0) is 10.9. The van der Waals surface area contributed by atoms with E-state index in [0.29, 0.717) is 0 Å².